The molecule has 0 radical (unpaired) electrons. The number of aromatic nitrogens is 1. The van der Waals surface area contributed by atoms with Crippen molar-refractivity contribution in [3.8, 4) is 0 Å². The fraction of sp³-hybridized carbons (Fsp3) is 0.500. The van der Waals surface area contributed by atoms with Crippen LogP contribution in [0.3, 0.4) is 0 Å². The second-order valence-electron chi connectivity index (χ2n) is 3.75. The molecular formula is C10H10Cl2FNO. The molecule has 5 heteroatoms. The van der Waals surface area contributed by atoms with Crippen molar-refractivity contribution >= 4 is 23.2 Å². The van der Waals surface area contributed by atoms with E-state index in [0.29, 0.717) is 11.6 Å². The Kier molecular flexibility index (Phi) is 3.14. The Morgan fingerprint density at radius 3 is 2.67 bits per heavy atom. The summed E-state index contributed by atoms with van der Waals surface area (Å²) in [7, 11) is 0. The van der Waals surface area contributed by atoms with Crippen LogP contribution in [0.4, 0.5) is 4.39 Å². The molecule has 2 nitrogen and oxygen atoms in total. The van der Waals surface area contributed by atoms with E-state index < -0.39 is 5.82 Å². The number of hydrogen-bond donors (Lipinski definition) is 1. The highest BCUT2D eigenvalue weighted by atomic mass is 35.5. The summed E-state index contributed by atoms with van der Waals surface area (Å²) in [4.78, 5) is 3.92. The molecule has 1 atom stereocenters. The maximum atomic E-state index is 13.0. The Hall–Kier alpha value is -0.380. The summed E-state index contributed by atoms with van der Waals surface area (Å²) in [5.74, 6) is -0.338. The summed E-state index contributed by atoms with van der Waals surface area (Å²) in [6.07, 6.45) is 3.16. The molecule has 0 aromatic carbocycles. The van der Waals surface area contributed by atoms with Gasteiger partial charge >= 0.3 is 0 Å². The van der Waals surface area contributed by atoms with Gasteiger partial charge in [-0.25, -0.2) is 4.39 Å². The van der Waals surface area contributed by atoms with Gasteiger partial charge in [-0.3, -0.25) is 4.98 Å². The van der Waals surface area contributed by atoms with Crippen LogP contribution in [0.25, 0.3) is 0 Å². The van der Waals surface area contributed by atoms with Gasteiger partial charge in [0, 0.05) is 5.92 Å². The third-order valence-electron chi connectivity index (χ3n) is 2.68. The van der Waals surface area contributed by atoms with E-state index in [0.717, 1.165) is 19.0 Å². The van der Waals surface area contributed by atoms with Gasteiger partial charge in [0.15, 0.2) is 5.82 Å². The molecule has 0 saturated heterocycles. The van der Waals surface area contributed by atoms with Crippen LogP contribution in [0.5, 0.6) is 0 Å². The lowest BCUT2D eigenvalue weighted by molar-refractivity contribution is 0.250. The molecule has 1 fully saturated rings. The van der Waals surface area contributed by atoms with E-state index in [1.54, 1.807) is 0 Å². The molecule has 1 aromatic rings. The standard InChI is InChI=1S/C10H10Cl2FNO/c11-8-7(13)3-14-10(9(8)12)6(4-15)5-1-2-5/h3,5-6,15H,1-2,4H2. The predicted octanol–water partition coefficient (Wildman–Crippen LogP) is 3.01. The average molecular weight is 250 g/mol. The number of aliphatic hydroxyl groups excluding tert-OH is 1. The summed E-state index contributed by atoms with van der Waals surface area (Å²) in [5, 5.41) is 9.26. The minimum Gasteiger partial charge on any atom is -0.396 e. The average Bonchev–Trinajstić information content (AvgIpc) is 3.03. The van der Waals surface area contributed by atoms with E-state index in [2.05, 4.69) is 4.98 Å². The number of halogens is 3. The summed E-state index contributed by atoms with van der Waals surface area (Å²) < 4.78 is 13.0. The third-order valence-corrected chi connectivity index (χ3v) is 3.53. The zero-order valence-electron chi connectivity index (χ0n) is 7.88. The quantitative estimate of drug-likeness (QED) is 0.894. The monoisotopic (exact) mass is 249 g/mol. The molecule has 0 amide bonds. The summed E-state index contributed by atoms with van der Waals surface area (Å²) in [6, 6.07) is 0. The maximum Gasteiger partial charge on any atom is 0.161 e. The van der Waals surface area contributed by atoms with Crippen LogP contribution >= 0.6 is 23.2 Å². The zero-order valence-corrected chi connectivity index (χ0v) is 9.39. The van der Waals surface area contributed by atoms with Crippen molar-refractivity contribution in [3.63, 3.8) is 0 Å². The second-order valence-corrected chi connectivity index (χ2v) is 4.50. The highest BCUT2D eigenvalue weighted by Crippen LogP contribution is 2.44. The summed E-state index contributed by atoms with van der Waals surface area (Å²) in [6.45, 7) is -0.0284. The molecule has 1 N–H and O–H groups in total. The minimum atomic E-state index is -0.627. The van der Waals surface area contributed by atoms with Crippen molar-refractivity contribution in [2.75, 3.05) is 6.61 Å². The Morgan fingerprint density at radius 1 is 1.47 bits per heavy atom. The van der Waals surface area contributed by atoms with E-state index in [1.165, 1.54) is 0 Å². The largest absolute Gasteiger partial charge is 0.396 e. The van der Waals surface area contributed by atoms with Gasteiger partial charge in [0.25, 0.3) is 0 Å². The number of pyridine rings is 1. The Labute approximate surface area is 97.0 Å². The van der Waals surface area contributed by atoms with Crippen LogP contribution in [0.1, 0.15) is 24.5 Å². The summed E-state index contributed by atoms with van der Waals surface area (Å²) in [5.41, 5.74) is 0.507. The van der Waals surface area contributed by atoms with Crippen LogP contribution in [0.2, 0.25) is 10.0 Å². The lowest BCUT2D eigenvalue weighted by Gasteiger charge is -2.14. The first-order valence-electron chi connectivity index (χ1n) is 4.75. The van der Waals surface area contributed by atoms with Gasteiger partial charge in [-0.05, 0) is 18.8 Å². The van der Waals surface area contributed by atoms with Gasteiger partial charge in [0.1, 0.15) is 0 Å². The minimum absolute atomic E-state index is 0.0284. The van der Waals surface area contributed by atoms with Crippen molar-refractivity contribution in [1.29, 1.82) is 0 Å². The number of nitrogens with zero attached hydrogens (tertiary/aromatic N) is 1. The third kappa shape index (κ3) is 2.10. The molecular weight excluding hydrogens is 240 g/mol. The maximum absolute atomic E-state index is 13.0. The zero-order chi connectivity index (χ0) is 11.0. The molecule has 1 heterocycles. The van der Waals surface area contributed by atoms with E-state index in [4.69, 9.17) is 23.2 Å². The van der Waals surface area contributed by atoms with Gasteiger partial charge in [-0.2, -0.15) is 0 Å². The van der Waals surface area contributed by atoms with Crippen molar-refractivity contribution in [2.24, 2.45) is 5.92 Å². The molecule has 82 valence electrons. The Morgan fingerprint density at radius 2 is 2.13 bits per heavy atom. The molecule has 0 bridgehead atoms. The van der Waals surface area contributed by atoms with Crippen LogP contribution in [0, 0.1) is 11.7 Å². The molecule has 1 aliphatic carbocycles. The SMILES string of the molecule is OCC(c1ncc(F)c(Cl)c1Cl)C1CC1. The highest BCUT2D eigenvalue weighted by Gasteiger charge is 2.34. The van der Waals surface area contributed by atoms with Crippen molar-refractivity contribution < 1.29 is 9.50 Å². The molecule has 15 heavy (non-hydrogen) atoms. The van der Waals surface area contributed by atoms with E-state index in [-0.39, 0.29) is 22.6 Å². The molecule has 0 spiro atoms. The fourth-order valence-electron chi connectivity index (χ4n) is 1.67. The van der Waals surface area contributed by atoms with Gasteiger partial charge in [-0.15, -0.1) is 0 Å². The van der Waals surface area contributed by atoms with Crippen molar-refractivity contribution in [3.05, 3.63) is 27.8 Å². The molecule has 1 saturated carbocycles. The molecule has 2 rings (SSSR count). The first-order valence-corrected chi connectivity index (χ1v) is 5.51. The smallest absolute Gasteiger partial charge is 0.161 e. The first kappa shape index (κ1) is 11.1. The fourth-order valence-corrected chi connectivity index (χ4v) is 2.10. The predicted molar refractivity (Wildman–Crippen MR) is 56.8 cm³/mol. The normalized spacial score (nSPS) is 17.9. The Balaban J connectivity index is 2.38. The molecule has 1 unspecified atom stereocenters. The molecule has 1 aliphatic rings. The van der Waals surface area contributed by atoms with Crippen molar-refractivity contribution in [2.45, 2.75) is 18.8 Å². The lowest BCUT2D eigenvalue weighted by atomic mass is 10.00. The van der Waals surface area contributed by atoms with Gasteiger partial charge in [-0.1, -0.05) is 23.2 Å². The first-order chi connectivity index (χ1) is 7.15. The topological polar surface area (TPSA) is 33.1 Å². The van der Waals surface area contributed by atoms with Gasteiger partial charge in [0.05, 0.1) is 28.5 Å². The molecule has 0 aliphatic heterocycles. The lowest BCUT2D eigenvalue weighted by Crippen LogP contribution is -2.10. The van der Waals surface area contributed by atoms with Crippen molar-refractivity contribution in [1.82, 2.24) is 4.98 Å². The highest BCUT2D eigenvalue weighted by molar-refractivity contribution is 6.42. The van der Waals surface area contributed by atoms with Gasteiger partial charge < -0.3 is 5.11 Å². The summed E-state index contributed by atoms with van der Waals surface area (Å²) >= 11 is 11.6. The van der Waals surface area contributed by atoms with Crippen LogP contribution in [-0.2, 0) is 0 Å². The number of hydrogen-bond acceptors (Lipinski definition) is 2. The second kappa shape index (κ2) is 4.24. The van der Waals surface area contributed by atoms with Crippen LogP contribution in [0.15, 0.2) is 6.20 Å². The molecule has 1 aromatic heterocycles. The van der Waals surface area contributed by atoms with Crippen LogP contribution in [-0.4, -0.2) is 16.7 Å². The van der Waals surface area contributed by atoms with E-state index >= 15 is 0 Å². The van der Waals surface area contributed by atoms with Crippen LogP contribution < -0.4 is 0 Å². The van der Waals surface area contributed by atoms with E-state index in [1.807, 2.05) is 0 Å². The number of aliphatic hydroxyl groups is 1. The number of rotatable bonds is 3. The Bertz CT molecular complexity index is 382. The van der Waals surface area contributed by atoms with Gasteiger partial charge in [0.2, 0.25) is 0 Å². The van der Waals surface area contributed by atoms with E-state index in [9.17, 15) is 9.50 Å².